The van der Waals surface area contributed by atoms with Gasteiger partial charge in [0.05, 0.1) is 19.3 Å². The highest BCUT2D eigenvalue weighted by molar-refractivity contribution is 6.67. The number of methoxy groups -OCH3 is 1. The van der Waals surface area contributed by atoms with Crippen molar-refractivity contribution < 1.29 is 23.0 Å². The average Bonchev–Trinajstić information content (AvgIpc) is 3.03. The summed E-state index contributed by atoms with van der Waals surface area (Å²) in [4.78, 5) is 1.94. The molecule has 142 valence electrons. The Labute approximate surface area is 158 Å². The molecule has 25 heavy (non-hydrogen) atoms. The van der Waals surface area contributed by atoms with Crippen molar-refractivity contribution in [2.75, 3.05) is 37.0 Å². The minimum Gasteiger partial charge on any atom is -0.494 e. The van der Waals surface area contributed by atoms with Crippen LogP contribution in [0.25, 0.3) is 0 Å². The second-order valence-electron chi connectivity index (χ2n) is 5.72. The second-order valence-corrected chi connectivity index (χ2v) is 8.24. The Morgan fingerprint density at radius 2 is 1.84 bits per heavy atom. The number of nitrogens with zero attached hydrogens (tertiary/aromatic N) is 1. The van der Waals surface area contributed by atoms with E-state index < -0.39 is 16.1 Å². The maximum atomic E-state index is 13.1. The molecule has 1 aromatic carbocycles. The molecule has 1 fully saturated rings. The fraction of sp³-hybridized carbons (Fsp3) is 0.600. The fourth-order valence-corrected chi connectivity index (χ4v) is 2.93. The first-order valence-corrected chi connectivity index (χ1v) is 8.68. The zero-order chi connectivity index (χ0) is 18.8. The van der Waals surface area contributed by atoms with Crippen LogP contribution in [0, 0.1) is 0 Å². The molecule has 2 N–H and O–H groups in total. The van der Waals surface area contributed by atoms with Gasteiger partial charge in [-0.15, -0.1) is 0 Å². The van der Waals surface area contributed by atoms with Crippen molar-refractivity contribution in [2.45, 2.75) is 28.9 Å². The number of hydrogen-bond acceptors (Lipinski definition) is 4. The average molecular weight is 422 g/mol. The molecule has 2 rings (SSSR count). The topological polar surface area (TPSA) is 44.7 Å². The van der Waals surface area contributed by atoms with Gasteiger partial charge >= 0.3 is 6.18 Å². The van der Waals surface area contributed by atoms with E-state index >= 15 is 0 Å². The van der Waals surface area contributed by atoms with E-state index in [1.165, 1.54) is 13.2 Å². The summed E-state index contributed by atoms with van der Waals surface area (Å²) in [6, 6.07) is 2.93. The van der Waals surface area contributed by atoms with Crippen molar-refractivity contribution in [3.05, 3.63) is 17.7 Å². The van der Waals surface area contributed by atoms with Gasteiger partial charge in [-0.1, -0.05) is 34.8 Å². The van der Waals surface area contributed by atoms with E-state index in [9.17, 15) is 18.3 Å². The number of rotatable bonds is 5. The molecule has 0 saturated carbocycles. The predicted octanol–water partition coefficient (Wildman–Crippen LogP) is 4.67. The van der Waals surface area contributed by atoms with Crippen LogP contribution in [0.5, 0.6) is 5.75 Å². The Morgan fingerprint density at radius 3 is 2.32 bits per heavy atom. The molecule has 1 atom stereocenters. The Kier molecular flexibility index (Phi) is 6.46. The summed E-state index contributed by atoms with van der Waals surface area (Å²) in [5, 5.41) is 12.5. The Hall–Kier alpha value is -0.760. The minimum absolute atomic E-state index is 0.137. The van der Waals surface area contributed by atoms with E-state index in [2.05, 4.69) is 5.32 Å². The monoisotopic (exact) mass is 420 g/mol. The van der Waals surface area contributed by atoms with Gasteiger partial charge < -0.3 is 20.1 Å². The summed E-state index contributed by atoms with van der Waals surface area (Å²) in [5.41, 5.74) is 0.381. The fourth-order valence-electron chi connectivity index (χ4n) is 2.73. The van der Waals surface area contributed by atoms with Crippen LogP contribution in [-0.2, 0) is 0 Å². The molecule has 0 aromatic heterocycles. The van der Waals surface area contributed by atoms with Crippen LogP contribution in [0.2, 0.25) is 0 Å². The molecular weight excluding hydrogens is 404 g/mol. The number of ether oxygens (including phenoxy) is 1. The zero-order valence-corrected chi connectivity index (χ0v) is 15.6. The van der Waals surface area contributed by atoms with Crippen molar-refractivity contribution >= 4 is 46.2 Å². The summed E-state index contributed by atoms with van der Waals surface area (Å²) in [6.07, 6.45) is -5.62. The molecular formula is C15H18Cl3F3N2O2. The number of halogens is 6. The molecule has 1 aromatic rings. The van der Waals surface area contributed by atoms with Crippen molar-refractivity contribution in [3.63, 3.8) is 0 Å². The summed E-state index contributed by atoms with van der Waals surface area (Å²) in [5.74, 6) is -0.137. The van der Waals surface area contributed by atoms with E-state index in [0.717, 1.165) is 25.9 Å². The predicted molar refractivity (Wildman–Crippen MR) is 94.2 cm³/mol. The van der Waals surface area contributed by atoms with Gasteiger partial charge in [-0.25, -0.2) is 0 Å². The SMILES string of the molecule is COc1c(NCC(Cl)(Cl)Cl)cc(N2CCCC2)cc1C(O)C(F)(F)F. The van der Waals surface area contributed by atoms with Gasteiger partial charge in [-0.05, 0) is 25.0 Å². The van der Waals surface area contributed by atoms with Crippen molar-refractivity contribution in [2.24, 2.45) is 0 Å². The normalized spacial score (nSPS) is 16.9. The third kappa shape index (κ3) is 5.36. The second kappa shape index (κ2) is 7.86. The number of aliphatic hydroxyl groups excluding tert-OH is 1. The third-order valence-electron chi connectivity index (χ3n) is 3.86. The number of hydrogen-bond donors (Lipinski definition) is 2. The molecule has 0 spiro atoms. The number of nitrogens with one attached hydrogen (secondary N) is 1. The molecule has 1 saturated heterocycles. The van der Waals surface area contributed by atoms with Crippen LogP contribution in [0.1, 0.15) is 24.5 Å². The Bertz CT molecular complexity index is 603. The van der Waals surface area contributed by atoms with E-state index in [0.29, 0.717) is 5.69 Å². The quantitative estimate of drug-likeness (QED) is 0.678. The first-order valence-electron chi connectivity index (χ1n) is 7.55. The Balaban J connectivity index is 2.49. The first-order chi connectivity index (χ1) is 11.5. The lowest BCUT2D eigenvalue weighted by atomic mass is 10.0. The molecule has 1 aliphatic heterocycles. The highest BCUT2D eigenvalue weighted by Crippen LogP contribution is 2.44. The third-order valence-corrected chi connectivity index (χ3v) is 4.26. The van der Waals surface area contributed by atoms with Crippen LogP contribution in [-0.4, -0.2) is 41.8 Å². The van der Waals surface area contributed by atoms with E-state index in [4.69, 9.17) is 39.5 Å². The van der Waals surface area contributed by atoms with Gasteiger partial charge in [0, 0.05) is 24.3 Å². The number of alkyl halides is 6. The van der Waals surface area contributed by atoms with Crippen LogP contribution in [0.4, 0.5) is 24.5 Å². The van der Waals surface area contributed by atoms with Crippen molar-refractivity contribution in [1.82, 2.24) is 0 Å². The standard InChI is InChI=1S/C15H18Cl3F3N2O2/c1-25-12-10(13(24)15(19,20)21)6-9(23-4-2-3-5-23)7-11(12)22-8-14(16,17)18/h6-7,13,22,24H,2-5,8H2,1H3. The minimum atomic E-state index is -4.83. The van der Waals surface area contributed by atoms with Gasteiger partial charge in [0.1, 0.15) is 5.75 Å². The maximum Gasteiger partial charge on any atom is 0.418 e. The zero-order valence-electron chi connectivity index (χ0n) is 13.3. The summed E-state index contributed by atoms with van der Waals surface area (Å²) in [7, 11) is 1.22. The molecule has 1 aliphatic rings. The number of anilines is 2. The number of benzene rings is 1. The first kappa shape index (κ1) is 20.6. The smallest absolute Gasteiger partial charge is 0.418 e. The van der Waals surface area contributed by atoms with Crippen LogP contribution in [0.3, 0.4) is 0 Å². The molecule has 0 radical (unpaired) electrons. The van der Waals surface area contributed by atoms with Crippen LogP contribution in [0.15, 0.2) is 12.1 Å². The van der Waals surface area contributed by atoms with Gasteiger partial charge in [-0.2, -0.15) is 13.2 Å². The lowest BCUT2D eigenvalue weighted by Crippen LogP contribution is -2.24. The molecule has 1 heterocycles. The molecule has 0 bridgehead atoms. The van der Waals surface area contributed by atoms with Crippen molar-refractivity contribution in [1.29, 1.82) is 0 Å². The van der Waals surface area contributed by atoms with Crippen LogP contribution < -0.4 is 15.0 Å². The largest absolute Gasteiger partial charge is 0.494 e. The van der Waals surface area contributed by atoms with E-state index in [1.54, 1.807) is 6.07 Å². The van der Waals surface area contributed by atoms with Crippen LogP contribution >= 0.6 is 34.8 Å². The van der Waals surface area contributed by atoms with Gasteiger partial charge in [0.2, 0.25) is 3.79 Å². The summed E-state index contributed by atoms with van der Waals surface area (Å²) >= 11 is 17.1. The van der Waals surface area contributed by atoms with Gasteiger partial charge in [0.15, 0.2) is 6.10 Å². The lowest BCUT2D eigenvalue weighted by molar-refractivity contribution is -0.207. The van der Waals surface area contributed by atoms with Gasteiger partial charge in [-0.3, -0.25) is 0 Å². The molecule has 4 nitrogen and oxygen atoms in total. The highest BCUT2D eigenvalue weighted by Gasteiger charge is 2.42. The van der Waals surface area contributed by atoms with Crippen molar-refractivity contribution in [3.8, 4) is 5.75 Å². The number of aliphatic hydroxyl groups is 1. The lowest BCUT2D eigenvalue weighted by Gasteiger charge is -2.26. The molecule has 0 amide bonds. The molecule has 0 aliphatic carbocycles. The highest BCUT2D eigenvalue weighted by atomic mass is 35.6. The molecule has 10 heteroatoms. The maximum absolute atomic E-state index is 13.1. The van der Waals surface area contributed by atoms with E-state index in [1.807, 2.05) is 4.90 Å². The summed E-state index contributed by atoms with van der Waals surface area (Å²) < 4.78 is 42.7. The summed E-state index contributed by atoms with van der Waals surface area (Å²) in [6.45, 7) is 1.30. The van der Waals surface area contributed by atoms with Gasteiger partial charge in [0.25, 0.3) is 0 Å². The molecule has 1 unspecified atom stereocenters. The Morgan fingerprint density at radius 1 is 1.24 bits per heavy atom. The van der Waals surface area contributed by atoms with E-state index in [-0.39, 0.29) is 23.5 Å².